The van der Waals surface area contributed by atoms with Crippen LogP contribution in [0.3, 0.4) is 0 Å². The number of carbonyl (C=O) groups is 1. The van der Waals surface area contributed by atoms with Gasteiger partial charge in [-0.2, -0.15) is 0 Å². The number of carbonyl (C=O) groups excluding carboxylic acids is 1. The average Bonchev–Trinajstić information content (AvgIpc) is 2.81. The Bertz CT molecular complexity index is 324. The zero-order valence-corrected chi connectivity index (χ0v) is 11.5. The van der Waals surface area contributed by atoms with Gasteiger partial charge in [0.05, 0.1) is 19.6 Å². The van der Waals surface area contributed by atoms with Gasteiger partial charge in [0.2, 0.25) is 0 Å². The Hall–Kier alpha value is -0.870. The molecule has 0 amide bonds. The molecular formula is C13H21NO2S. The molecule has 17 heavy (non-hydrogen) atoms. The first-order valence-corrected chi connectivity index (χ1v) is 6.91. The monoisotopic (exact) mass is 255 g/mol. The number of thiophene rings is 1. The first-order chi connectivity index (χ1) is 8.17. The van der Waals surface area contributed by atoms with E-state index in [0.29, 0.717) is 12.5 Å². The maximum Gasteiger partial charge on any atom is 0.307 e. The Morgan fingerprint density at radius 2 is 2.35 bits per heavy atom. The Morgan fingerprint density at radius 1 is 1.59 bits per heavy atom. The van der Waals surface area contributed by atoms with Gasteiger partial charge in [-0.1, -0.05) is 19.4 Å². The molecule has 2 unspecified atom stereocenters. The van der Waals surface area contributed by atoms with Gasteiger partial charge in [-0.25, -0.2) is 0 Å². The highest BCUT2D eigenvalue weighted by Crippen LogP contribution is 2.23. The van der Waals surface area contributed by atoms with Crippen LogP contribution in [0.25, 0.3) is 0 Å². The minimum Gasteiger partial charge on any atom is -0.469 e. The van der Waals surface area contributed by atoms with Crippen molar-refractivity contribution in [3.05, 3.63) is 22.4 Å². The average molecular weight is 255 g/mol. The number of hydrogen-bond acceptors (Lipinski definition) is 4. The molecule has 0 aliphatic carbocycles. The summed E-state index contributed by atoms with van der Waals surface area (Å²) in [7, 11) is 1.43. The Labute approximate surface area is 107 Å². The van der Waals surface area contributed by atoms with E-state index in [4.69, 9.17) is 4.74 Å². The Balaban J connectivity index is 2.62. The van der Waals surface area contributed by atoms with Crippen molar-refractivity contribution >= 4 is 17.3 Å². The van der Waals surface area contributed by atoms with E-state index in [1.54, 1.807) is 11.3 Å². The van der Waals surface area contributed by atoms with Gasteiger partial charge in [-0.05, 0) is 24.8 Å². The molecule has 0 aromatic carbocycles. The molecule has 96 valence electrons. The SMILES string of the molecule is CCCC(C)NC(CC(=O)OC)c1cccs1. The lowest BCUT2D eigenvalue weighted by atomic mass is 10.1. The van der Waals surface area contributed by atoms with E-state index in [0.717, 1.165) is 12.8 Å². The third-order valence-corrected chi connectivity index (χ3v) is 3.68. The molecule has 1 heterocycles. The van der Waals surface area contributed by atoms with Crippen molar-refractivity contribution in [3.63, 3.8) is 0 Å². The molecule has 2 atom stereocenters. The standard InChI is InChI=1S/C13H21NO2S/c1-4-6-10(2)14-11(9-13(15)16-3)12-7-5-8-17-12/h5,7-8,10-11,14H,4,6,9H2,1-3H3. The summed E-state index contributed by atoms with van der Waals surface area (Å²) in [6.07, 6.45) is 2.65. The van der Waals surface area contributed by atoms with E-state index in [9.17, 15) is 4.79 Å². The predicted octanol–water partition coefficient (Wildman–Crippen LogP) is 3.13. The summed E-state index contributed by atoms with van der Waals surface area (Å²) in [5.41, 5.74) is 0. The van der Waals surface area contributed by atoms with Gasteiger partial charge in [0, 0.05) is 10.9 Å². The fourth-order valence-electron chi connectivity index (χ4n) is 1.84. The smallest absolute Gasteiger partial charge is 0.307 e. The normalized spacial score (nSPS) is 14.3. The number of esters is 1. The van der Waals surface area contributed by atoms with Gasteiger partial charge < -0.3 is 10.1 Å². The molecule has 3 nitrogen and oxygen atoms in total. The highest BCUT2D eigenvalue weighted by Gasteiger charge is 2.18. The summed E-state index contributed by atoms with van der Waals surface area (Å²) in [6.45, 7) is 4.32. The Kier molecular flexibility index (Phi) is 6.22. The van der Waals surface area contributed by atoms with Crippen LogP contribution in [0.15, 0.2) is 17.5 Å². The molecule has 0 spiro atoms. The summed E-state index contributed by atoms with van der Waals surface area (Å²) in [5, 5.41) is 5.53. The molecule has 0 saturated heterocycles. The zero-order chi connectivity index (χ0) is 12.7. The maximum absolute atomic E-state index is 11.4. The van der Waals surface area contributed by atoms with Crippen molar-refractivity contribution in [1.29, 1.82) is 0 Å². The topological polar surface area (TPSA) is 38.3 Å². The largest absolute Gasteiger partial charge is 0.469 e. The third-order valence-electron chi connectivity index (χ3n) is 2.69. The molecule has 1 aromatic rings. The van der Waals surface area contributed by atoms with Crippen LogP contribution in [0.1, 0.15) is 44.0 Å². The number of hydrogen-bond donors (Lipinski definition) is 1. The first-order valence-electron chi connectivity index (χ1n) is 6.03. The molecule has 1 aromatic heterocycles. The Morgan fingerprint density at radius 3 is 2.88 bits per heavy atom. The molecule has 0 aliphatic rings. The second-order valence-corrected chi connectivity index (χ2v) is 5.18. The van der Waals surface area contributed by atoms with Crippen LogP contribution in [0.4, 0.5) is 0 Å². The first kappa shape index (κ1) is 14.2. The lowest BCUT2D eigenvalue weighted by Gasteiger charge is -2.21. The van der Waals surface area contributed by atoms with Crippen molar-refractivity contribution in [2.75, 3.05) is 7.11 Å². The van der Waals surface area contributed by atoms with Crippen molar-refractivity contribution in [1.82, 2.24) is 5.32 Å². The second kappa shape index (κ2) is 7.45. The molecule has 0 aliphatic heterocycles. The van der Waals surface area contributed by atoms with Crippen LogP contribution in [0.5, 0.6) is 0 Å². The van der Waals surface area contributed by atoms with Gasteiger partial charge in [0.25, 0.3) is 0 Å². The summed E-state index contributed by atoms with van der Waals surface area (Å²) >= 11 is 1.67. The van der Waals surface area contributed by atoms with E-state index < -0.39 is 0 Å². The molecule has 4 heteroatoms. The highest BCUT2D eigenvalue weighted by molar-refractivity contribution is 7.10. The summed E-state index contributed by atoms with van der Waals surface area (Å²) < 4.78 is 4.75. The van der Waals surface area contributed by atoms with Crippen LogP contribution < -0.4 is 5.32 Å². The number of ether oxygens (including phenoxy) is 1. The van der Waals surface area contributed by atoms with Gasteiger partial charge in [0.15, 0.2) is 0 Å². The maximum atomic E-state index is 11.4. The fourth-order valence-corrected chi connectivity index (χ4v) is 2.63. The van der Waals surface area contributed by atoms with Crippen LogP contribution in [0, 0.1) is 0 Å². The van der Waals surface area contributed by atoms with Crippen LogP contribution in [0.2, 0.25) is 0 Å². The lowest BCUT2D eigenvalue weighted by molar-refractivity contribution is -0.141. The number of nitrogens with one attached hydrogen (secondary N) is 1. The fraction of sp³-hybridized carbons (Fsp3) is 0.615. The molecule has 1 rings (SSSR count). The van der Waals surface area contributed by atoms with Crippen molar-refractivity contribution in [2.45, 2.75) is 45.2 Å². The minimum absolute atomic E-state index is 0.0731. The molecule has 0 radical (unpaired) electrons. The van der Waals surface area contributed by atoms with E-state index >= 15 is 0 Å². The minimum atomic E-state index is -0.167. The molecule has 0 fully saturated rings. The van der Waals surface area contributed by atoms with E-state index in [2.05, 4.69) is 25.2 Å². The van der Waals surface area contributed by atoms with Gasteiger partial charge in [-0.3, -0.25) is 4.79 Å². The summed E-state index contributed by atoms with van der Waals surface area (Å²) in [4.78, 5) is 12.6. The highest BCUT2D eigenvalue weighted by atomic mass is 32.1. The molecule has 1 N–H and O–H groups in total. The van der Waals surface area contributed by atoms with Crippen LogP contribution in [-0.2, 0) is 9.53 Å². The van der Waals surface area contributed by atoms with Gasteiger partial charge in [0.1, 0.15) is 0 Å². The van der Waals surface area contributed by atoms with Crippen molar-refractivity contribution in [2.24, 2.45) is 0 Å². The van der Waals surface area contributed by atoms with Crippen LogP contribution in [-0.4, -0.2) is 19.1 Å². The predicted molar refractivity (Wildman–Crippen MR) is 71.2 cm³/mol. The quantitative estimate of drug-likeness (QED) is 0.761. The van der Waals surface area contributed by atoms with E-state index in [1.807, 2.05) is 11.4 Å². The number of methoxy groups -OCH3 is 1. The molecule has 0 bridgehead atoms. The summed E-state index contributed by atoms with van der Waals surface area (Å²) in [5.74, 6) is -0.167. The third kappa shape index (κ3) is 4.88. The van der Waals surface area contributed by atoms with Gasteiger partial charge in [-0.15, -0.1) is 11.3 Å². The lowest BCUT2D eigenvalue weighted by Crippen LogP contribution is -2.31. The van der Waals surface area contributed by atoms with Gasteiger partial charge >= 0.3 is 5.97 Å². The second-order valence-electron chi connectivity index (χ2n) is 4.20. The van der Waals surface area contributed by atoms with Crippen molar-refractivity contribution in [3.8, 4) is 0 Å². The molecule has 0 saturated carbocycles. The summed E-state index contributed by atoms with van der Waals surface area (Å²) in [6, 6.07) is 4.56. The van der Waals surface area contributed by atoms with E-state index in [1.165, 1.54) is 12.0 Å². The molecular weight excluding hydrogens is 234 g/mol. The number of rotatable bonds is 7. The zero-order valence-electron chi connectivity index (χ0n) is 10.7. The van der Waals surface area contributed by atoms with Crippen LogP contribution >= 0.6 is 11.3 Å². The van der Waals surface area contributed by atoms with E-state index in [-0.39, 0.29) is 12.0 Å². The van der Waals surface area contributed by atoms with Crippen molar-refractivity contribution < 1.29 is 9.53 Å².